The quantitative estimate of drug-likeness (QED) is 0.712. The van der Waals surface area contributed by atoms with Crippen molar-refractivity contribution < 1.29 is 0 Å². The minimum Gasteiger partial charge on any atom is -0.247 e. The van der Waals surface area contributed by atoms with Gasteiger partial charge in [-0.25, -0.2) is 4.98 Å². The molecule has 2 rings (SSSR count). The number of thioether (sulfide) groups is 1. The Labute approximate surface area is 96.7 Å². The van der Waals surface area contributed by atoms with Crippen molar-refractivity contribution in [2.75, 3.05) is 5.75 Å². The van der Waals surface area contributed by atoms with Crippen LogP contribution >= 0.6 is 11.8 Å². The van der Waals surface area contributed by atoms with E-state index in [2.05, 4.69) is 37.9 Å². The van der Waals surface area contributed by atoms with Gasteiger partial charge in [-0.1, -0.05) is 19.9 Å². The van der Waals surface area contributed by atoms with Crippen LogP contribution in [-0.2, 0) is 0 Å². The SMILES string of the molecule is Cc1ccc(C(C)C)c(SCC2CC2)n1. The van der Waals surface area contributed by atoms with E-state index in [1.807, 2.05) is 11.8 Å². The highest BCUT2D eigenvalue weighted by atomic mass is 32.2. The lowest BCUT2D eigenvalue weighted by Gasteiger charge is -2.11. The number of hydrogen-bond acceptors (Lipinski definition) is 2. The molecule has 82 valence electrons. The van der Waals surface area contributed by atoms with Crippen LogP contribution in [0.15, 0.2) is 17.2 Å². The summed E-state index contributed by atoms with van der Waals surface area (Å²) in [5.74, 6) is 2.81. The van der Waals surface area contributed by atoms with Crippen LogP contribution in [-0.4, -0.2) is 10.7 Å². The Hall–Kier alpha value is -0.500. The average Bonchev–Trinajstić information content (AvgIpc) is 2.97. The van der Waals surface area contributed by atoms with Crippen molar-refractivity contribution in [2.45, 2.75) is 44.6 Å². The smallest absolute Gasteiger partial charge is 0.0997 e. The summed E-state index contributed by atoms with van der Waals surface area (Å²) in [6.45, 7) is 6.56. The number of nitrogens with zero attached hydrogens (tertiary/aromatic N) is 1. The summed E-state index contributed by atoms with van der Waals surface area (Å²) in [7, 11) is 0. The van der Waals surface area contributed by atoms with Gasteiger partial charge in [-0.2, -0.15) is 0 Å². The molecule has 1 aromatic rings. The zero-order valence-corrected chi connectivity index (χ0v) is 10.6. The first-order valence-electron chi connectivity index (χ1n) is 5.77. The molecule has 0 radical (unpaired) electrons. The Morgan fingerprint density at radius 2 is 2.13 bits per heavy atom. The van der Waals surface area contributed by atoms with Gasteiger partial charge in [0, 0.05) is 11.4 Å². The lowest BCUT2D eigenvalue weighted by Crippen LogP contribution is -1.97. The van der Waals surface area contributed by atoms with Crippen LogP contribution in [0.4, 0.5) is 0 Å². The van der Waals surface area contributed by atoms with Gasteiger partial charge in [0.15, 0.2) is 0 Å². The van der Waals surface area contributed by atoms with E-state index >= 15 is 0 Å². The molecule has 2 heteroatoms. The molecule has 0 saturated heterocycles. The highest BCUT2D eigenvalue weighted by molar-refractivity contribution is 7.99. The van der Waals surface area contributed by atoms with Crippen molar-refractivity contribution in [1.82, 2.24) is 4.98 Å². The van der Waals surface area contributed by atoms with Gasteiger partial charge < -0.3 is 0 Å². The first kappa shape index (κ1) is 11.0. The third-order valence-corrected chi connectivity index (χ3v) is 4.04. The van der Waals surface area contributed by atoms with Crippen LogP contribution < -0.4 is 0 Å². The van der Waals surface area contributed by atoms with Crippen LogP contribution in [0.1, 0.15) is 43.9 Å². The fraction of sp³-hybridized carbons (Fsp3) is 0.615. The third-order valence-electron chi connectivity index (χ3n) is 2.80. The fourth-order valence-corrected chi connectivity index (χ4v) is 2.99. The van der Waals surface area contributed by atoms with Gasteiger partial charge in [-0.05, 0) is 43.2 Å². The van der Waals surface area contributed by atoms with E-state index in [0.29, 0.717) is 5.92 Å². The second-order valence-electron chi connectivity index (χ2n) is 4.76. The Bertz CT molecular complexity index is 342. The Kier molecular flexibility index (Phi) is 3.35. The topological polar surface area (TPSA) is 12.9 Å². The zero-order chi connectivity index (χ0) is 10.8. The lowest BCUT2D eigenvalue weighted by atomic mass is 10.1. The molecule has 1 fully saturated rings. The maximum absolute atomic E-state index is 4.66. The lowest BCUT2D eigenvalue weighted by molar-refractivity contribution is 0.812. The Balaban J connectivity index is 2.13. The van der Waals surface area contributed by atoms with Gasteiger partial charge in [-0.3, -0.25) is 0 Å². The van der Waals surface area contributed by atoms with E-state index in [0.717, 1.165) is 11.6 Å². The molecule has 15 heavy (non-hydrogen) atoms. The van der Waals surface area contributed by atoms with Gasteiger partial charge in [0.05, 0.1) is 5.03 Å². The van der Waals surface area contributed by atoms with E-state index < -0.39 is 0 Å². The monoisotopic (exact) mass is 221 g/mol. The summed E-state index contributed by atoms with van der Waals surface area (Å²) < 4.78 is 0. The molecule has 0 bridgehead atoms. The molecular weight excluding hydrogens is 202 g/mol. The second kappa shape index (κ2) is 4.56. The highest BCUT2D eigenvalue weighted by Crippen LogP contribution is 2.36. The van der Waals surface area contributed by atoms with Gasteiger partial charge in [0.1, 0.15) is 0 Å². The summed E-state index contributed by atoms with van der Waals surface area (Å²) in [6.07, 6.45) is 2.85. The Morgan fingerprint density at radius 1 is 1.40 bits per heavy atom. The molecule has 0 aromatic carbocycles. The predicted molar refractivity (Wildman–Crippen MR) is 66.5 cm³/mol. The van der Waals surface area contributed by atoms with Gasteiger partial charge >= 0.3 is 0 Å². The molecule has 0 aliphatic heterocycles. The molecule has 1 heterocycles. The van der Waals surface area contributed by atoms with E-state index in [1.54, 1.807) is 0 Å². The number of aryl methyl sites for hydroxylation is 1. The summed E-state index contributed by atoms with van der Waals surface area (Å²) in [5.41, 5.74) is 2.55. The first-order valence-corrected chi connectivity index (χ1v) is 6.75. The van der Waals surface area contributed by atoms with E-state index in [4.69, 9.17) is 0 Å². The first-order chi connectivity index (χ1) is 7.16. The molecule has 0 unspecified atom stereocenters. The molecule has 0 amide bonds. The predicted octanol–water partition coefficient (Wildman–Crippen LogP) is 4.02. The highest BCUT2D eigenvalue weighted by Gasteiger charge is 2.22. The van der Waals surface area contributed by atoms with Crippen molar-refractivity contribution in [3.8, 4) is 0 Å². The van der Waals surface area contributed by atoms with Crippen molar-refractivity contribution in [3.63, 3.8) is 0 Å². The molecule has 1 aliphatic carbocycles. The van der Waals surface area contributed by atoms with Crippen molar-refractivity contribution in [3.05, 3.63) is 23.4 Å². The van der Waals surface area contributed by atoms with E-state index in [1.165, 1.54) is 29.2 Å². The zero-order valence-electron chi connectivity index (χ0n) is 9.79. The second-order valence-corrected chi connectivity index (χ2v) is 5.76. The molecule has 1 saturated carbocycles. The molecular formula is C13H19NS. The normalized spacial score (nSPS) is 16.0. The number of rotatable bonds is 4. The average molecular weight is 221 g/mol. The van der Waals surface area contributed by atoms with Crippen LogP contribution in [0.25, 0.3) is 0 Å². The van der Waals surface area contributed by atoms with Crippen molar-refractivity contribution in [2.24, 2.45) is 5.92 Å². The van der Waals surface area contributed by atoms with Crippen LogP contribution in [0.2, 0.25) is 0 Å². The summed E-state index contributed by atoms with van der Waals surface area (Å²) in [5, 5.41) is 1.26. The standard InChI is InChI=1S/C13H19NS/c1-9(2)12-7-4-10(3)14-13(12)15-8-11-5-6-11/h4,7,9,11H,5-6,8H2,1-3H3. The minimum absolute atomic E-state index is 0.583. The molecule has 1 nitrogen and oxygen atoms in total. The molecule has 0 spiro atoms. The van der Waals surface area contributed by atoms with Crippen molar-refractivity contribution >= 4 is 11.8 Å². The number of hydrogen-bond donors (Lipinski definition) is 0. The molecule has 0 atom stereocenters. The maximum Gasteiger partial charge on any atom is 0.0997 e. The van der Waals surface area contributed by atoms with Gasteiger partial charge in [0.2, 0.25) is 0 Å². The van der Waals surface area contributed by atoms with Crippen molar-refractivity contribution in [1.29, 1.82) is 0 Å². The van der Waals surface area contributed by atoms with Crippen LogP contribution in [0.3, 0.4) is 0 Å². The molecule has 1 aromatic heterocycles. The maximum atomic E-state index is 4.66. The Morgan fingerprint density at radius 3 is 2.73 bits per heavy atom. The third kappa shape index (κ3) is 2.97. The number of aromatic nitrogens is 1. The molecule has 1 aliphatic rings. The fourth-order valence-electron chi connectivity index (χ4n) is 1.58. The van der Waals surface area contributed by atoms with Gasteiger partial charge in [-0.15, -0.1) is 11.8 Å². The van der Waals surface area contributed by atoms with E-state index in [9.17, 15) is 0 Å². The minimum atomic E-state index is 0.583. The molecule has 0 N–H and O–H groups in total. The van der Waals surface area contributed by atoms with E-state index in [-0.39, 0.29) is 0 Å². The summed E-state index contributed by atoms with van der Waals surface area (Å²) in [6, 6.07) is 4.36. The van der Waals surface area contributed by atoms with Crippen LogP contribution in [0, 0.1) is 12.8 Å². The summed E-state index contributed by atoms with van der Waals surface area (Å²) >= 11 is 1.95. The van der Waals surface area contributed by atoms with Crippen LogP contribution in [0.5, 0.6) is 0 Å². The number of pyridine rings is 1. The summed E-state index contributed by atoms with van der Waals surface area (Å²) in [4.78, 5) is 4.66. The largest absolute Gasteiger partial charge is 0.247 e. The van der Waals surface area contributed by atoms with Gasteiger partial charge in [0.25, 0.3) is 0 Å².